The first-order valence-electron chi connectivity index (χ1n) is 7.38. The van der Waals surface area contributed by atoms with Gasteiger partial charge in [0.15, 0.2) is 10.8 Å². The highest BCUT2D eigenvalue weighted by molar-refractivity contribution is 7.20. The average Bonchev–Trinajstić information content (AvgIpc) is 2.91. The highest BCUT2D eigenvalue weighted by atomic mass is 32.1. The molecular formula is C16H20N2OS. The van der Waals surface area contributed by atoms with Crippen molar-refractivity contribution < 1.29 is 4.79 Å². The van der Waals surface area contributed by atoms with Gasteiger partial charge >= 0.3 is 0 Å². The molecule has 2 atom stereocenters. The molecule has 0 aliphatic carbocycles. The zero-order valence-electron chi connectivity index (χ0n) is 11.8. The number of benzene rings is 1. The Labute approximate surface area is 123 Å². The number of carbonyl (C=O) groups is 1. The molecule has 3 rings (SSSR count). The van der Waals surface area contributed by atoms with E-state index in [1.807, 2.05) is 24.3 Å². The first-order valence-corrected chi connectivity index (χ1v) is 8.20. The molecule has 0 spiro atoms. The number of nitrogens with zero attached hydrogens (tertiary/aromatic N) is 1. The Balaban J connectivity index is 1.69. The van der Waals surface area contributed by atoms with Crippen molar-refractivity contribution in [1.82, 2.24) is 10.3 Å². The summed E-state index contributed by atoms with van der Waals surface area (Å²) >= 11 is 1.51. The van der Waals surface area contributed by atoms with Gasteiger partial charge < -0.3 is 5.32 Å². The fraction of sp³-hybridized carbons (Fsp3) is 0.500. The highest BCUT2D eigenvalue weighted by Gasteiger charge is 2.24. The summed E-state index contributed by atoms with van der Waals surface area (Å²) in [5.74, 6) is 0.949. The van der Waals surface area contributed by atoms with E-state index in [0.717, 1.165) is 29.1 Å². The van der Waals surface area contributed by atoms with Gasteiger partial charge in [-0.2, -0.15) is 0 Å². The van der Waals surface area contributed by atoms with Crippen LogP contribution in [-0.2, 0) is 0 Å². The van der Waals surface area contributed by atoms with Crippen LogP contribution in [0.4, 0.5) is 0 Å². The number of para-hydroxylation sites is 1. The molecule has 1 saturated heterocycles. The third-order valence-electron chi connectivity index (χ3n) is 4.15. The Hall–Kier alpha value is -1.26. The second kappa shape index (κ2) is 6.02. The van der Waals surface area contributed by atoms with Gasteiger partial charge in [0.2, 0.25) is 0 Å². The largest absolute Gasteiger partial charge is 0.314 e. The first-order chi connectivity index (χ1) is 9.76. The number of thiazole rings is 1. The quantitative estimate of drug-likeness (QED) is 0.873. The van der Waals surface area contributed by atoms with Crippen LogP contribution in [-0.4, -0.2) is 23.4 Å². The Bertz CT molecular complexity index is 574. The van der Waals surface area contributed by atoms with Crippen LogP contribution in [0.15, 0.2) is 24.3 Å². The summed E-state index contributed by atoms with van der Waals surface area (Å²) in [6, 6.07) is 8.27. The van der Waals surface area contributed by atoms with Crippen LogP contribution >= 0.6 is 11.3 Å². The SMILES string of the molecule is CCC1CCNC(CC(=O)c2nc3ccccc3s2)C1. The van der Waals surface area contributed by atoms with Crippen molar-refractivity contribution in [2.75, 3.05) is 6.54 Å². The standard InChI is InChI=1S/C16H20N2OS/c1-2-11-7-8-17-12(9-11)10-14(19)16-18-13-5-3-4-6-15(13)20-16/h3-6,11-12,17H,2,7-10H2,1H3. The summed E-state index contributed by atoms with van der Waals surface area (Å²) < 4.78 is 1.10. The molecule has 106 valence electrons. The Morgan fingerprint density at radius 3 is 3.10 bits per heavy atom. The number of piperidine rings is 1. The van der Waals surface area contributed by atoms with Crippen molar-refractivity contribution in [3.63, 3.8) is 0 Å². The van der Waals surface area contributed by atoms with E-state index in [1.54, 1.807) is 0 Å². The smallest absolute Gasteiger partial charge is 0.192 e. The monoisotopic (exact) mass is 288 g/mol. The van der Waals surface area contributed by atoms with Gasteiger partial charge in [-0.3, -0.25) is 4.79 Å². The maximum atomic E-state index is 12.4. The molecule has 1 N–H and O–H groups in total. The molecule has 0 saturated carbocycles. The van der Waals surface area contributed by atoms with Gasteiger partial charge in [-0.1, -0.05) is 25.5 Å². The number of ketones is 1. The number of fused-ring (bicyclic) bond motifs is 1. The fourth-order valence-electron chi connectivity index (χ4n) is 2.92. The number of carbonyl (C=O) groups excluding carboxylic acids is 1. The summed E-state index contributed by atoms with van der Waals surface area (Å²) in [4.78, 5) is 16.8. The van der Waals surface area contributed by atoms with Crippen molar-refractivity contribution in [1.29, 1.82) is 0 Å². The lowest BCUT2D eigenvalue weighted by Crippen LogP contribution is -2.39. The van der Waals surface area contributed by atoms with Crippen molar-refractivity contribution in [2.24, 2.45) is 5.92 Å². The molecule has 1 aliphatic rings. The Morgan fingerprint density at radius 1 is 1.45 bits per heavy atom. The van der Waals surface area contributed by atoms with E-state index in [1.165, 1.54) is 24.2 Å². The van der Waals surface area contributed by atoms with E-state index in [0.29, 0.717) is 17.5 Å². The topological polar surface area (TPSA) is 42.0 Å². The van der Waals surface area contributed by atoms with Crippen LogP contribution in [0.25, 0.3) is 10.2 Å². The number of aromatic nitrogens is 1. The van der Waals surface area contributed by atoms with E-state index in [2.05, 4.69) is 17.2 Å². The lowest BCUT2D eigenvalue weighted by molar-refractivity contribution is 0.0957. The minimum atomic E-state index is 0.181. The van der Waals surface area contributed by atoms with Crippen molar-refractivity contribution in [3.05, 3.63) is 29.3 Å². The molecule has 4 heteroatoms. The molecular weight excluding hydrogens is 268 g/mol. The molecule has 1 aliphatic heterocycles. The molecule has 2 unspecified atom stereocenters. The van der Waals surface area contributed by atoms with Gasteiger partial charge in [-0.25, -0.2) is 4.98 Å². The second-order valence-electron chi connectivity index (χ2n) is 5.56. The predicted molar refractivity (Wildman–Crippen MR) is 83.4 cm³/mol. The molecule has 2 heterocycles. The lowest BCUT2D eigenvalue weighted by atomic mass is 9.88. The predicted octanol–water partition coefficient (Wildman–Crippen LogP) is 3.65. The molecule has 1 aromatic carbocycles. The van der Waals surface area contributed by atoms with Crippen molar-refractivity contribution >= 4 is 27.3 Å². The normalized spacial score (nSPS) is 23.1. The Morgan fingerprint density at radius 2 is 2.30 bits per heavy atom. The summed E-state index contributed by atoms with van der Waals surface area (Å²) in [5.41, 5.74) is 0.934. The van der Waals surface area contributed by atoms with Gasteiger partial charge in [-0.05, 0) is 37.4 Å². The van der Waals surface area contributed by atoms with Crippen LogP contribution in [0.3, 0.4) is 0 Å². The van der Waals surface area contributed by atoms with E-state index in [9.17, 15) is 4.79 Å². The van der Waals surface area contributed by atoms with Gasteiger partial charge in [0.1, 0.15) is 0 Å². The highest BCUT2D eigenvalue weighted by Crippen LogP contribution is 2.25. The molecule has 1 aromatic heterocycles. The number of hydrogen-bond acceptors (Lipinski definition) is 4. The fourth-order valence-corrected chi connectivity index (χ4v) is 3.84. The first kappa shape index (κ1) is 13.7. The van der Waals surface area contributed by atoms with E-state index >= 15 is 0 Å². The molecule has 0 bridgehead atoms. The van der Waals surface area contributed by atoms with Crippen LogP contribution in [0.1, 0.15) is 42.4 Å². The number of hydrogen-bond donors (Lipinski definition) is 1. The molecule has 20 heavy (non-hydrogen) atoms. The van der Waals surface area contributed by atoms with Crippen LogP contribution < -0.4 is 5.32 Å². The maximum Gasteiger partial charge on any atom is 0.192 e. The zero-order chi connectivity index (χ0) is 13.9. The van der Waals surface area contributed by atoms with Crippen LogP contribution in [0.2, 0.25) is 0 Å². The zero-order valence-corrected chi connectivity index (χ0v) is 12.6. The van der Waals surface area contributed by atoms with E-state index in [-0.39, 0.29) is 5.78 Å². The third kappa shape index (κ3) is 2.91. The second-order valence-corrected chi connectivity index (χ2v) is 6.59. The summed E-state index contributed by atoms with van der Waals surface area (Å²) in [6.45, 7) is 3.28. The summed E-state index contributed by atoms with van der Waals surface area (Å²) in [7, 11) is 0. The number of rotatable bonds is 4. The molecule has 3 nitrogen and oxygen atoms in total. The summed E-state index contributed by atoms with van der Waals surface area (Å²) in [6.07, 6.45) is 4.15. The number of Topliss-reactive ketones (excluding diaryl/α,β-unsaturated/α-hetero) is 1. The van der Waals surface area contributed by atoms with Crippen molar-refractivity contribution in [2.45, 2.75) is 38.6 Å². The van der Waals surface area contributed by atoms with Crippen molar-refractivity contribution in [3.8, 4) is 0 Å². The van der Waals surface area contributed by atoms with Crippen LogP contribution in [0, 0.1) is 5.92 Å². The van der Waals surface area contributed by atoms with Gasteiger partial charge in [0, 0.05) is 12.5 Å². The average molecular weight is 288 g/mol. The van der Waals surface area contributed by atoms with Gasteiger partial charge in [0.05, 0.1) is 10.2 Å². The third-order valence-corrected chi connectivity index (χ3v) is 5.22. The minimum absolute atomic E-state index is 0.181. The Kier molecular flexibility index (Phi) is 4.13. The minimum Gasteiger partial charge on any atom is -0.314 e. The molecule has 2 aromatic rings. The maximum absolute atomic E-state index is 12.4. The molecule has 0 amide bonds. The number of nitrogens with one attached hydrogen (secondary N) is 1. The molecule has 0 radical (unpaired) electrons. The van der Waals surface area contributed by atoms with E-state index in [4.69, 9.17) is 0 Å². The van der Waals surface area contributed by atoms with Crippen LogP contribution in [0.5, 0.6) is 0 Å². The summed E-state index contributed by atoms with van der Waals surface area (Å²) in [5, 5.41) is 4.13. The lowest BCUT2D eigenvalue weighted by Gasteiger charge is -2.29. The van der Waals surface area contributed by atoms with Gasteiger partial charge in [0.25, 0.3) is 0 Å². The van der Waals surface area contributed by atoms with E-state index < -0.39 is 0 Å². The molecule has 1 fully saturated rings. The van der Waals surface area contributed by atoms with Gasteiger partial charge in [-0.15, -0.1) is 11.3 Å².